The first-order valence-electron chi connectivity index (χ1n) is 9.56. The molecule has 0 bridgehead atoms. The molecule has 27 heavy (non-hydrogen) atoms. The third-order valence-electron chi connectivity index (χ3n) is 5.96. The Balaban J connectivity index is 1.51. The summed E-state index contributed by atoms with van der Waals surface area (Å²) in [6.45, 7) is 2.13. The Kier molecular flexibility index (Phi) is 4.45. The van der Waals surface area contributed by atoms with Gasteiger partial charge >= 0.3 is 17.8 Å². The zero-order valence-corrected chi connectivity index (χ0v) is 15.4. The van der Waals surface area contributed by atoms with Gasteiger partial charge < -0.3 is 4.90 Å². The summed E-state index contributed by atoms with van der Waals surface area (Å²) < 4.78 is 0. The molecule has 1 aromatic rings. The molecule has 2 aliphatic heterocycles. The van der Waals surface area contributed by atoms with E-state index in [0.717, 1.165) is 46.7 Å². The number of benzene rings is 1. The smallest absolute Gasteiger partial charge is 0.310 e. The summed E-state index contributed by atoms with van der Waals surface area (Å²) in [6, 6.07) is 6.69. The van der Waals surface area contributed by atoms with Crippen molar-refractivity contribution >= 4 is 29.4 Å². The van der Waals surface area contributed by atoms with Crippen LogP contribution in [-0.4, -0.2) is 52.7 Å². The number of urea groups is 1. The van der Waals surface area contributed by atoms with Gasteiger partial charge in [0.05, 0.1) is 0 Å². The third-order valence-corrected chi connectivity index (χ3v) is 5.96. The van der Waals surface area contributed by atoms with Gasteiger partial charge in [-0.3, -0.25) is 19.3 Å². The van der Waals surface area contributed by atoms with Crippen molar-refractivity contribution in [2.45, 2.75) is 45.1 Å². The van der Waals surface area contributed by atoms with Gasteiger partial charge in [-0.25, -0.2) is 9.69 Å². The van der Waals surface area contributed by atoms with Gasteiger partial charge in [-0.15, -0.1) is 0 Å². The minimum atomic E-state index is -0.890. The lowest BCUT2D eigenvalue weighted by molar-refractivity contribution is -0.145. The van der Waals surface area contributed by atoms with Crippen LogP contribution < -0.4 is 4.90 Å². The predicted octanol–water partition coefficient (Wildman–Crippen LogP) is 1.95. The fraction of sp³-hybridized carbons (Fsp3) is 0.500. The van der Waals surface area contributed by atoms with Gasteiger partial charge in [-0.05, 0) is 36.8 Å². The van der Waals surface area contributed by atoms with Crippen LogP contribution in [0.1, 0.15) is 38.2 Å². The molecular formula is C20H23N3O4. The number of hydrogen-bond acceptors (Lipinski definition) is 4. The average Bonchev–Trinajstić information content (AvgIpc) is 3.18. The van der Waals surface area contributed by atoms with E-state index in [1.165, 1.54) is 0 Å². The molecule has 7 nitrogen and oxygen atoms in total. The van der Waals surface area contributed by atoms with Crippen LogP contribution in [0.2, 0.25) is 0 Å². The van der Waals surface area contributed by atoms with Crippen LogP contribution in [-0.2, 0) is 20.8 Å². The second-order valence-corrected chi connectivity index (χ2v) is 7.60. The van der Waals surface area contributed by atoms with Crippen LogP contribution in [0.25, 0.3) is 0 Å². The summed E-state index contributed by atoms with van der Waals surface area (Å²) in [5.41, 5.74) is 1.88. The minimum absolute atomic E-state index is 0.167. The fourth-order valence-corrected chi connectivity index (χ4v) is 4.45. The van der Waals surface area contributed by atoms with Crippen LogP contribution in [0.3, 0.4) is 0 Å². The largest absolute Gasteiger partial charge is 0.334 e. The predicted molar refractivity (Wildman–Crippen MR) is 97.9 cm³/mol. The van der Waals surface area contributed by atoms with Crippen LogP contribution in [0.15, 0.2) is 24.3 Å². The molecule has 0 N–H and O–H groups in total. The molecule has 4 rings (SSSR count). The Bertz CT molecular complexity index is 821. The standard InChI is InChI=1S/C20H23N3O4/c1-13-6-2-4-8-15(13)23-19(26)18(25)22(20(23)27)12-17(24)21-11-10-14-7-3-5-9-16(14)21/h3,5,7,9,13,15H,2,4,6,8,10-12H2,1H3/t13-,15+/m0/s1. The van der Waals surface area contributed by atoms with Gasteiger partial charge in [0.15, 0.2) is 0 Å². The Labute approximate surface area is 157 Å². The normalized spacial score (nSPS) is 25.4. The second kappa shape index (κ2) is 6.79. The number of carbonyl (C=O) groups excluding carboxylic acids is 4. The van der Waals surface area contributed by atoms with Crippen molar-refractivity contribution in [3.63, 3.8) is 0 Å². The number of hydrogen-bond donors (Lipinski definition) is 0. The summed E-state index contributed by atoms with van der Waals surface area (Å²) in [5.74, 6) is -1.86. The number of imide groups is 2. The summed E-state index contributed by atoms with van der Waals surface area (Å²) >= 11 is 0. The highest BCUT2D eigenvalue weighted by molar-refractivity contribution is 6.45. The molecule has 0 unspecified atom stereocenters. The van der Waals surface area contributed by atoms with E-state index in [1.54, 1.807) is 4.90 Å². The van der Waals surface area contributed by atoms with Crippen molar-refractivity contribution in [1.29, 1.82) is 0 Å². The highest BCUT2D eigenvalue weighted by Crippen LogP contribution is 2.32. The summed E-state index contributed by atoms with van der Waals surface area (Å²) in [7, 11) is 0. The fourth-order valence-electron chi connectivity index (χ4n) is 4.45. The first-order chi connectivity index (χ1) is 13.0. The molecule has 7 heteroatoms. The van der Waals surface area contributed by atoms with Crippen LogP contribution in [0.4, 0.5) is 10.5 Å². The number of amides is 5. The molecule has 1 saturated carbocycles. The van der Waals surface area contributed by atoms with Gasteiger partial charge in [-0.2, -0.15) is 0 Å². The number of nitrogens with zero attached hydrogens (tertiary/aromatic N) is 3. The first-order valence-corrected chi connectivity index (χ1v) is 9.56. The van der Waals surface area contributed by atoms with Gasteiger partial charge in [0.1, 0.15) is 6.54 Å². The molecule has 1 aliphatic carbocycles. The molecule has 142 valence electrons. The Morgan fingerprint density at radius 2 is 1.81 bits per heavy atom. The van der Waals surface area contributed by atoms with Gasteiger partial charge in [0.2, 0.25) is 5.91 Å². The summed E-state index contributed by atoms with van der Waals surface area (Å²) in [6.07, 6.45) is 4.39. The monoisotopic (exact) mass is 369 g/mol. The SMILES string of the molecule is C[C@H]1CCCC[C@H]1N1C(=O)C(=O)N(CC(=O)N2CCc3ccccc32)C1=O. The van der Waals surface area contributed by atoms with E-state index in [-0.39, 0.29) is 17.9 Å². The Morgan fingerprint density at radius 1 is 1.07 bits per heavy atom. The third kappa shape index (κ3) is 2.91. The van der Waals surface area contributed by atoms with E-state index in [2.05, 4.69) is 0 Å². The van der Waals surface area contributed by atoms with Crippen molar-refractivity contribution in [2.75, 3.05) is 18.0 Å². The van der Waals surface area contributed by atoms with Crippen LogP contribution >= 0.6 is 0 Å². The van der Waals surface area contributed by atoms with Crippen molar-refractivity contribution in [3.8, 4) is 0 Å². The topological polar surface area (TPSA) is 78.0 Å². The lowest BCUT2D eigenvalue weighted by Crippen LogP contribution is -2.47. The molecule has 0 aromatic heterocycles. The van der Waals surface area contributed by atoms with Crippen molar-refractivity contribution in [2.24, 2.45) is 5.92 Å². The number of anilines is 1. The maximum absolute atomic E-state index is 12.8. The molecule has 2 fully saturated rings. The molecule has 2 atom stereocenters. The molecule has 1 saturated heterocycles. The maximum atomic E-state index is 12.8. The Morgan fingerprint density at radius 3 is 2.59 bits per heavy atom. The Hall–Kier alpha value is -2.70. The van der Waals surface area contributed by atoms with E-state index in [9.17, 15) is 19.2 Å². The maximum Gasteiger partial charge on any atom is 0.334 e. The van der Waals surface area contributed by atoms with Gasteiger partial charge in [0, 0.05) is 18.3 Å². The summed E-state index contributed by atoms with van der Waals surface area (Å²) in [4.78, 5) is 53.9. The number of rotatable bonds is 3. The molecule has 1 aromatic carbocycles. The average molecular weight is 369 g/mol. The molecule has 5 amide bonds. The van der Waals surface area contributed by atoms with Gasteiger partial charge in [0.25, 0.3) is 0 Å². The quantitative estimate of drug-likeness (QED) is 0.603. The van der Waals surface area contributed by atoms with Crippen LogP contribution in [0, 0.1) is 5.92 Å². The lowest BCUT2D eigenvalue weighted by atomic mass is 9.85. The highest BCUT2D eigenvalue weighted by Gasteiger charge is 2.50. The van der Waals surface area contributed by atoms with Gasteiger partial charge in [-0.1, -0.05) is 38.0 Å². The van der Waals surface area contributed by atoms with E-state index in [1.807, 2.05) is 31.2 Å². The molecule has 0 radical (unpaired) electrons. The van der Waals surface area contributed by atoms with E-state index < -0.39 is 24.4 Å². The number of fused-ring (bicyclic) bond motifs is 1. The van der Waals surface area contributed by atoms with E-state index in [0.29, 0.717) is 13.0 Å². The van der Waals surface area contributed by atoms with Crippen molar-refractivity contribution in [3.05, 3.63) is 29.8 Å². The number of para-hydroxylation sites is 1. The molecular weight excluding hydrogens is 346 g/mol. The molecule has 0 spiro atoms. The lowest BCUT2D eigenvalue weighted by Gasteiger charge is -2.34. The first kappa shape index (κ1) is 17.7. The van der Waals surface area contributed by atoms with E-state index >= 15 is 0 Å². The number of carbonyl (C=O) groups is 4. The second-order valence-electron chi connectivity index (χ2n) is 7.60. The summed E-state index contributed by atoms with van der Waals surface area (Å²) in [5, 5.41) is 0. The minimum Gasteiger partial charge on any atom is -0.310 e. The van der Waals surface area contributed by atoms with Crippen molar-refractivity contribution < 1.29 is 19.2 Å². The molecule has 3 aliphatic rings. The van der Waals surface area contributed by atoms with Crippen molar-refractivity contribution in [1.82, 2.24) is 9.80 Å². The molecule has 2 heterocycles. The zero-order chi connectivity index (χ0) is 19.1. The zero-order valence-electron chi connectivity index (χ0n) is 15.4. The van der Waals surface area contributed by atoms with Crippen LogP contribution in [0.5, 0.6) is 0 Å². The highest BCUT2D eigenvalue weighted by atomic mass is 16.2. The van der Waals surface area contributed by atoms with E-state index in [4.69, 9.17) is 0 Å².